The Hall–Kier alpha value is -3.17. The standard InChI is InChI=1S/C29H30O4Si2/c30-13-15-32-25-11-9-19(17-27(25)34)29(20-10-12-26(28(35)18-20)33-16-14-31)23-7-3-1-5-21(23)22-6-2-4-8-24(22)29/h1-12,17-18,30-31H,13-16H2,34-35H3. The SMILES string of the molecule is OCCOc1ccc(C2(c3ccc(OCCO)c([SiH3])c3)c3ccccc3-c3ccccc32)cc1[SiH3]. The molecule has 0 radical (unpaired) electrons. The zero-order chi connectivity index (χ0) is 24.4. The quantitative estimate of drug-likeness (QED) is 0.311. The molecule has 0 amide bonds. The molecule has 0 aromatic heterocycles. The van der Waals surface area contributed by atoms with E-state index in [-0.39, 0.29) is 13.2 Å². The molecule has 6 heteroatoms. The van der Waals surface area contributed by atoms with Crippen LogP contribution in [0.2, 0.25) is 0 Å². The van der Waals surface area contributed by atoms with Crippen molar-refractivity contribution in [2.45, 2.75) is 5.41 Å². The van der Waals surface area contributed by atoms with Crippen LogP contribution in [0.5, 0.6) is 11.5 Å². The van der Waals surface area contributed by atoms with Crippen LogP contribution in [0, 0.1) is 0 Å². The van der Waals surface area contributed by atoms with Crippen molar-refractivity contribution in [1.29, 1.82) is 0 Å². The van der Waals surface area contributed by atoms with Crippen molar-refractivity contribution < 1.29 is 19.7 Å². The molecule has 0 bridgehead atoms. The molecule has 178 valence electrons. The summed E-state index contributed by atoms with van der Waals surface area (Å²) in [5, 5.41) is 20.8. The highest BCUT2D eigenvalue weighted by atomic mass is 28.1. The first-order chi connectivity index (χ1) is 17.1. The van der Waals surface area contributed by atoms with Crippen molar-refractivity contribution in [3.8, 4) is 22.6 Å². The molecule has 4 aromatic rings. The molecule has 0 saturated carbocycles. The van der Waals surface area contributed by atoms with E-state index in [1.165, 1.54) is 43.8 Å². The number of hydrogen-bond acceptors (Lipinski definition) is 4. The van der Waals surface area contributed by atoms with Crippen molar-refractivity contribution >= 4 is 30.9 Å². The molecule has 0 unspecified atom stereocenters. The monoisotopic (exact) mass is 498 g/mol. The number of fused-ring (bicyclic) bond motifs is 3. The third-order valence-corrected chi connectivity index (χ3v) is 8.43. The number of rotatable bonds is 8. The molecule has 5 rings (SSSR count). The molecule has 1 aliphatic carbocycles. The van der Waals surface area contributed by atoms with E-state index >= 15 is 0 Å². The van der Waals surface area contributed by atoms with Gasteiger partial charge in [0.05, 0.1) is 18.6 Å². The van der Waals surface area contributed by atoms with Crippen LogP contribution in [0.25, 0.3) is 11.1 Å². The molecule has 0 heterocycles. The van der Waals surface area contributed by atoms with Gasteiger partial charge in [-0.05, 0) is 55.9 Å². The Morgan fingerprint density at radius 1 is 0.600 bits per heavy atom. The van der Waals surface area contributed by atoms with E-state index in [1.807, 2.05) is 0 Å². The topological polar surface area (TPSA) is 58.9 Å². The lowest BCUT2D eigenvalue weighted by Gasteiger charge is -2.34. The zero-order valence-electron chi connectivity index (χ0n) is 20.1. The number of aliphatic hydroxyl groups excluding tert-OH is 2. The number of benzene rings is 4. The molecule has 4 aromatic carbocycles. The maximum atomic E-state index is 9.22. The molecule has 0 spiro atoms. The summed E-state index contributed by atoms with van der Waals surface area (Å²) in [6.07, 6.45) is 0. The molecule has 0 aliphatic heterocycles. The second-order valence-electron chi connectivity index (χ2n) is 8.95. The molecule has 4 nitrogen and oxygen atoms in total. The number of hydrogen-bond donors (Lipinski definition) is 2. The van der Waals surface area contributed by atoms with E-state index in [1.54, 1.807) is 0 Å². The number of ether oxygens (including phenoxy) is 2. The molecule has 35 heavy (non-hydrogen) atoms. The fourth-order valence-corrected chi connectivity index (χ4v) is 6.67. The lowest BCUT2D eigenvalue weighted by molar-refractivity contribution is 0.202. The molecule has 0 atom stereocenters. The zero-order valence-corrected chi connectivity index (χ0v) is 24.1. The minimum absolute atomic E-state index is 0.00129. The average Bonchev–Trinajstić information content (AvgIpc) is 3.18. The third-order valence-electron chi connectivity index (χ3n) is 6.87. The first-order valence-electron chi connectivity index (χ1n) is 12.0. The van der Waals surface area contributed by atoms with Crippen molar-refractivity contribution in [3.63, 3.8) is 0 Å². The summed E-state index contributed by atoms with van der Waals surface area (Å²) in [5.41, 5.74) is 7.02. The van der Waals surface area contributed by atoms with Gasteiger partial charge in [-0.2, -0.15) is 0 Å². The number of aliphatic hydroxyl groups is 2. The highest BCUT2D eigenvalue weighted by Gasteiger charge is 2.46. The van der Waals surface area contributed by atoms with Gasteiger partial charge in [0.15, 0.2) is 0 Å². The van der Waals surface area contributed by atoms with Gasteiger partial charge in [0.1, 0.15) is 24.7 Å². The van der Waals surface area contributed by atoms with Gasteiger partial charge >= 0.3 is 0 Å². The van der Waals surface area contributed by atoms with Gasteiger partial charge in [0.2, 0.25) is 0 Å². The Bertz CT molecular complexity index is 1260. The fourth-order valence-electron chi connectivity index (χ4n) is 5.42. The predicted octanol–water partition coefficient (Wildman–Crippen LogP) is 0.773. The maximum Gasteiger partial charge on any atom is 0.117 e. The normalized spacial score (nSPS) is 13.4. The van der Waals surface area contributed by atoms with E-state index in [0.717, 1.165) is 32.0 Å². The Labute approximate surface area is 212 Å². The van der Waals surface area contributed by atoms with Gasteiger partial charge in [-0.3, -0.25) is 0 Å². The minimum atomic E-state index is -0.462. The lowest BCUT2D eigenvalue weighted by atomic mass is 9.67. The van der Waals surface area contributed by atoms with E-state index < -0.39 is 5.41 Å². The first-order valence-corrected chi connectivity index (χ1v) is 14.0. The van der Waals surface area contributed by atoms with E-state index in [4.69, 9.17) is 9.47 Å². The van der Waals surface area contributed by atoms with Crippen LogP contribution < -0.4 is 19.8 Å². The first kappa shape index (κ1) is 23.6. The summed E-state index contributed by atoms with van der Waals surface area (Å²) in [4.78, 5) is 0. The largest absolute Gasteiger partial charge is 0.491 e. The van der Waals surface area contributed by atoms with Gasteiger partial charge in [-0.25, -0.2) is 0 Å². The van der Waals surface area contributed by atoms with Crippen LogP contribution in [0.3, 0.4) is 0 Å². The Balaban J connectivity index is 1.78. The van der Waals surface area contributed by atoms with Gasteiger partial charge in [0, 0.05) is 20.5 Å². The molecule has 0 fully saturated rings. The molecule has 2 N–H and O–H groups in total. The lowest BCUT2D eigenvalue weighted by Crippen LogP contribution is -2.31. The summed E-state index contributed by atoms with van der Waals surface area (Å²) < 4.78 is 11.6. The van der Waals surface area contributed by atoms with Gasteiger partial charge in [0.25, 0.3) is 0 Å². The van der Waals surface area contributed by atoms with Crippen molar-refractivity contribution in [1.82, 2.24) is 0 Å². The molecule has 1 aliphatic rings. The second-order valence-corrected chi connectivity index (χ2v) is 11.1. The van der Waals surface area contributed by atoms with Gasteiger partial charge < -0.3 is 19.7 Å². The fraction of sp³-hybridized carbons (Fsp3) is 0.172. The summed E-state index contributed by atoms with van der Waals surface area (Å²) in [7, 11) is 1.66. The maximum absolute atomic E-state index is 9.22. The van der Waals surface area contributed by atoms with Crippen LogP contribution in [0.1, 0.15) is 22.3 Å². The van der Waals surface area contributed by atoms with Crippen molar-refractivity contribution in [2.75, 3.05) is 26.4 Å². The minimum Gasteiger partial charge on any atom is -0.491 e. The summed E-state index contributed by atoms with van der Waals surface area (Å²) in [6.45, 7) is 0.595. The predicted molar refractivity (Wildman–Crippen MR) is 148 cm³/mol. The summed E-state index contributed by atoms with van der Waals surface area (Å²) in [6, 6.07) is 30.4. The second kappa shape index (κ2) is 9.83. The van der Waals surface area contributed by atoms with Crippen molar-refractivity contribution in [2.24, 2.45) is 0 Å². The van der Waals surface area contributed by atoms with Crippen LogP contribution in [-0.2, 0) is 5.41 Å². The summed E-state index contributed by atoms with van der Waals surface area (Å²) in [5.74, 6) is 1.70. The smallest absolute Gasteiger partial charge is 0.117 e. The van der Waals surface area contributed by atoms with E-state index in [2.05, 4.69) is 84.9 Å². The highest BCUT2D eigenvalue weighted by molar-refractivity contribution is 6.34. The van der Waals surface area contributed by atoms with Crippen LogP contribution >= 0.6 is 0 Å². The Kier molecular flexibility index (Phi) is 6.62. The molecule has 0 saturated heterocycles. The molecular weight excluding hydrogens is 468 g/mol. The Morgan fingerprint density at radius 2 is 1.03 bits per heavy atom. The van der Waals surface area contributed by atoms with Crippen LogP contribution in [0.4, 0.5) is 0 Å². The van der Waals surface area contributed by atoms with Crippen LogP contribution in [-0.4, -0.2) is 57.1 Å². The van der Waals surface area contributed by atoms with Gasteiger partial charge in [-0.1, -0.05) is 72.8 Å². The van der Waals surface area contributed by atoms with Gasteiger partial charge in [-0.15, -0.1) is 0 Å². The highest BCUT2D eigenvalue weighted by Crippen LogP contribution is 2.55. The van der Waals surface area contributed by atoms with E-state index in [0.29, 0.717) is 13.2 Å². The van der Waals surface area contributed by atoms with E-state index in [9.17, 15) is 10.2 Å². The van der Waals surface area contributed by atoms with Crippen LogP contribution in [0.15, 0.2) is 84.9 Å². The average molecular weight is 499 g/mol. The summed E-state index contributed by atoms with van der Waals surface area (Å²) >= 11 is 0. The Morgan fingerprint density at radius 3 is 1.43 bits per heavy atom. The molecular formula is C29H30O4Si2. The third kappa shape index (κ3) is 3.92. The van der Waals surface area contributed by atoms with Crippen molar-refractivity contribution in [3.05, 3.63) is 107 Å².